The molecule has 0 N–H and O–H groups in total. The number of hydrogen-bond donors (Lipinski definition) is 0. The van der Waals surface area contributed by atoms with Crippen molar-refractivity contribution in [3.05, 3.63) is 6.61 Å². The number of ether oxygens (including phenoxy) is 3. The third kappa shape index (κ3) is 12.8. The van der Waals surface area contributed by atoms with Gasteiger partial charge in [0.1, 0.15) is 6.61 Å². The van der Waals surface area contributed by atoms with Crippen molar-refractivity contribution in [3.63, 3.8) is 0 Å². The lowest BCUT2D eigenvalue weighted by molar-refractivity contribution is 0.0407. The Kier molecular flexibility index (Phi) is 9.49. The second-order valence-corrected chi connectivity index (χ2v) is 4.88. The minimum Gasteiger partial charge on any atom is -0.379 e. The van der Waals surface area contributed by atoms with Gasteiger partial charge in [-0.2, -0.15) is 0 Å². The van der Waals surface area contributed by atoms with Crippen molar-refractivity contribution in [2.45, 2.75) is 10.7 Å². The molecule has 0 spiro atoms. The van der Waals surface area contributed by atoms with Gasteiger partial charge in [0.2, 0.25) is 3.79 Å². The molecule has 3 nitrogen and oxygen atoms in total. The Bertz CT molecular complexity index is 127. The smallest absolute Gasteiger partial charge is 0.213 e. The number of alkyl halides is 3. The predicted octanol–water partition coefficient (Wildman–Crippen LogP) is 2.59. The summed E-state index contributed by atoms with van der Waals surface area (Å²) in [5, 5.41) is 0. The quantitative estimate of drug-likeness (QED) is 0.498. The third-order valence-electron chi connectivity index (χ3n) is 1.13. The van der Waals surface area contributed by atoms with Gasteiger partial charge in [0.25, 0.3) is 0 Å². The first-order valence-corrected chi connectivity index (χ1v) is 5.35. The van der Waals surface area contributed by atoms with Crippen molar-refractivity contribution in [3.8, 4) is 0 Å². The Morgan fingerprint density at radius 1 is 1.14 bits per heavy atom. The minimum atomic E-state index is -1.37. The summed E-state index contributed by atoms with van der Waals surface area (Å²) in [6.07, 6.45) is 0. The van der Waals surface area contributed by atoms with E-state index in [-0.39, 0.29) is 6.61 Å². The molecule has 0 atom stereocenters. The molecule has 0 amide bonds. The normalized spacial score (nSPS) is 12.0. The molecule has 0 fully saturated rings. The molecule has 0 aliphatic carbocycles. The van der Waals surface area contributed by atoms with Crippen molar-refractivity contribution >= 4 is 34.8 Å². The second-order valence-electron chi connectivity index (χ2n) is 2.36. The lowest BCUT2D eigenvalue weighted by atomic mass is 10.7. The highest BCUT2D eigenvalue weighted by Crippen LogP contribution is 2.25. The largest absolute Gasteiger partial charge is 0.379 e. The van der Waals surface area contributed by atoms with E-state index < -0.39 is 3.79 Å². The standard InChI is InChI=1S/C8H14Cl3O3/c1-2-12-3-4-13-5-6-14-7-8(9,10)11/h6H,2-5,7H2,1H3. The van der Waals surface area contributed by atoms with Crippen LogP contribution in [0.5, 0.6) is 0 Å². The molecule has 0 bridgehead atoms. The van der Waals surface area contributed by atoms with Gasteiger partial charge in [0, 0.05) is 6.61 Å². The molecule has 85 valence electrons. The highest BCUT2D eigenvalue weighted by molar-refractivity contribution is 6.67. The molecule has 1 radical (unpaired) electrons. The zero-order chi connectivity index (χ0) is 10.9. The van der Waals surface area contributed by atoms with Crippen LogP contribution in [0.2, 0.25) is 0 Å². The van der Waals surface area contributed by atoms with Crippen molar-refractivity contribution in [1.82, 2.24) is 0 Å². The maximum absolute atomic E-state index is 5.44. The summed E-state index contributed by atoms with van der Waals surface area (Å²) < 4.78 is 13.7. The zero-order valence-corrected chi connectivity index (χ0v) is 10.2. The predicted molar refractivity (Wildman–Crippen MR) is 57.9 cm³/mol. The van der Waals surface area contributed by atoms with Gasteiger partial charge in [-0.3, -0.25) is 0 Å². The Labute approximate surface area is 99.5 Å². The van der Waals surface area contributed by atoms with Gasteiger partial charge in [-0.25, -0.2) is 0 Å². The molecule has 0 aromatic carbocycles. The molecule has 0 unspecified atom stereocenters. The topological polar surface area (TPSA) is 27.7 Å². The average molecular weight is 265 g/mol. The Morgan fingerprint density at radius 2 is 1.79 bits per heavy atom. The molecule has 0 saturated carbocycles. The fourth-order valence-corrected chi connectivity index (χ4v) is 0.784. The molecule has 0 rings (SSSR count). The van der Waals surface area contributed by atoms with E-state index in [0.29, 0.717) is 26.4 Å². The first kappa shape index (κ1) is 14.8. The van der Waals surface area contributed by atoms with Gasteiger partial charge < -0.3 is 14.2 Å². The number of hydrogen-bond acceptors (Lipinski definition) is 3. The van der Waals surface area contributed by atoms with Crippen molar-refractivity contribution in [1.29, 1.82) is 0 Å². The Morgan fingerprint density at radius 3 is 2.36 bits per heavy atom. The fraction of sp³-hybridized carbons (Fsp3) is 0.875. The summed E-state index contributed by atoms with van der Waals surface area (Å²) in [7, 11) is 0. The van der Waals surface area contributed by atoms with Gasteiger partial charge >= 0.3 is 0 Å². The van der Waals surface area contributed by atoms with E-state index in [1.54, 1.807) is 0 Å². The third-order valence-corrected chi connectivity index (χ3v) is 1.45. The van der Waals surface area contributed by atoms with Gasteiger partial charge in [-0.15, -0.1) is 0 Å². The first-order chi connectivity index (χ1) is 6.56. The summed E-state index contributed by atoms with van der Waals surface area (Å²) in [5.41, 5.74) is 0. The Hall–Kier alpha value is 0.750. The molecular weight excluding hydrogens is 250 g/mol. The van der Waals surface area contributed by atoms with E-state index >= 15 is 0 Å². The van der Waals surface area contributed by atoms with E-state index in [1.165, 1.54) is 6.61 Å². The average Bonchev–Trinajstić information content (AvgIpc) is 2.08. The molecule has 0 aromatic rings. The SMILES string of the molecule is CCOCCOC[CH]OCC(Cl)(Cl)Cl. The molecule has 0 aromatic heterocycles. The second kappa shape index (κ2) is 9.01. The van der Waals surface area contributed by atoms with Gasteiger partial charge in [0.05, 0.1) is 26.4 Å². The van der Waals surface area contributed by atoms with Crippen molar-refractivity contribution < 1.29 is 14.2 Å². The lowest BCUT2D eigenvalue weighted by Gasteiger charge is -2.10. The van der Waals surface area contributed by atoms with Crippen LogP contribution in [0, 0.1) is 6.61 Å². The molecular formula is C8H14Cl3O3. The van der Waals surface area contributed by atoms with Gasteiger partial charge in [0.15, 0.2) is 0 Å². The van der Waals surface area contributed by atoms with Crippen LogP contribution in [0.3, 0.4) is 0 Å². The van der Waals surface area contributed by atoms with Crippen molar-refractivity contribution in [2.24, 2.45) is 0 Å². The number of rotatable bonds is 8. The van der Waals surface area contributed by atoms with Crippen LogP contribution in [0.25, 0.3) is 0 Å². The van der Waals surface area contributed by atoms with Crippen LogP contribution in [0.1, 0.15) is 6.92 Å². The van der Waals surface area contributed by atoms with Crippen LogP contribution in [-0.4, -0.2) is 36.8 Å². The number of halogens is 3. The lowest BCUT2D eigenvalue weighted by Crippen LogP contribution is -2.13. The molecule has 0 heterocycles. The summed E-state index contributed by atoms with van der Waals surface area (Å²) >= 11 is 16.3. The minimum absolute atomic E-state index is 0.0203. The van der Waals surface area contributed by atoms with E-state index in [0.717, 1.165) is 0 Å². The fourth-order valence-electron chi connectivity index (χ4n) is 0.595. The van der Waals surface area contributed by atoms with E-state index in [9.17, 15) is 0 Å². The maximum atomic E-state index is 5.44. The van der Waals surface area contributed by atoms with Crippen LogP contribution >= 0.6 is 34.8 Å². The molecule has 6 heteroatoms. The van der Waals surface area contributed by atoms with Crippen LogP contribution in [-0.2, 0) is 14.2 Å². The van der Waals surface area contributed by atoms with Gasteiger partial charge in [-0.05, 0) is 6.92 Å². The summed E-state index contributed by atoms with van der Waals surface area (Å²) in [6.45, 7) is 5.55. The van der Waals surface area contributed by atoms with E-state index in [1.807, 2.05) is 6.92 Å². The van der Waals surface area contributed by atoms with E-state index in [4.69, 9.17) is 49.0 Å². The molecule has 0 saturated heterocycles. The highest BCUT2D eigenvalue weighted by Gasteiger charge is 2.19. The van der Waals surface area contributed by atoms with E-state index in [2.05, 4.69) is 0 Å². The Balaban J connectivity index is 2.99. The van der Waals surface area contributed by atoms with Crippen LogP contribution in [0.15, 0.2) is 0 Å². The van der Waals surface area contributed by atoms with Crippen molar-refractivity contribution in [2.75, 3.05) is 33.0 Å². The molecule has 14 heavy (non-hydrogen) atoms. The summed E-state index contributed by atoms with van der Waals surface area (Å²) in [4.78, 5) is 0. The monoisotopic (exact) mass is 263 g/mol. The summed E-state index contributed by atoms with van der Waals surface area (Å²) in [5.74, 6) is 0. The molecule has 0 aliphatic heterocycles. The van der Waals surface area contributed by atoms with Crippen LogP contribution < -0.4 is 0 Å². The highest BCUT2D eigenvalue weighted by atomic mass is 35.6. The van der Waals surface area contributed by atoms with Crippen LogP contribution in [0.4, 0.5) is 0 Å². The molecule has 0 aliphatic rings. The maximum Gasteiger partial charge on any atom is 0.213 e. The van der Waals surface area contributed by atoms with Gasteiger partial charge in [-0.1, -0.05) is 34.8 Å². The first-order valence-electron chi connectivity index (χ1n) is 4.21. The zero-order valence-electron chi connectivity index (χ0n) is 7.97. The summed E-state index contributed by atoms with van der Waals surface area (Å²) in [6, 6.07) is 0.